The van der Waals surface area contributed by atoms with Crippen molar-refractivity contribution in [3.05, 3.63) is 70.2 Å². The Bertz CT molecular complexity index is 949. The summed E-state index contributed by atoms with van der Waals surface area (Å²) in [6.07, 6.45) is 0.0779. The predicted octanol–water partition coefficient (Wildman–Crippen LogP) is 4.14. The Morgan fingerprint density at radius 2 is 1.71 bits per heavy atom. The molecule has 28 heavy (non-hydrogen) atoms. The highest BCUT2D eigenvalue weighted by Crippen LogP contribution is 2.18. The van der Waals surface area contributed by atoms with Crippen LogP contribution >= 0.6 is 11.3 Å². The number of nitrogens with one attached hydrogen (secondary N) is 1. The summed E-state index contributed by atoms with van der Waals surface area (Å²) < 4.78 is 11.0. The van der Waals surface area contributed by atoms with E-state index in [-0.39, 0.29) is 12.3 Å². The van der Waals surface area contributed by atoms with Gasteiger partial charge in [-0.05, 0) is 43.3 Å². The van der Waals surface area contributed by atoms with Gasteiger partial charge in [-0.1, -0.05) is 17.7 Å². The molecule has 144 valence electrons. The first-order valence-corrected chi connectivity index (χ1v) is 9.57. The van der Waals surface area contributed by atoms with Gasteiger partial charge in [-0.25, -0.2) is 4.98 Å². The summed E-state index contributed by atoms with van der Waals surface area (Å²) in [6, 6.07) is 14.4. The van der Waals surface area contributed by atoms with Crippen LogP contribution in [-0.4, -0.2) is 16.9 Å². The van der Waals surface area contributed by atoms with E-state index in [0.29, 0.717) is 23.7 Å². The number of anilines is 1. The third kappa shape index (κ3) is 5.92. The number of carbonyl (C=O) groups is 2. The molecular weight excluding hydrogens is 376 g/mol. The van der Waals surface area contributed by atoms with Gasteiger partial charge >= 0.3 is 5.97 Å². The molecule has 1 N–H and O–H groups in total. The van der Waals surface area contributed by atoms with E-state index in [4.69, 9.17) is 9.47 Å². The Morgan fingerprint density at radius 1 is 1.04 bits per heavy atom. The highest BCUT2D eigenvalue weighted by molar-refractivity contribution is 7.09. The van der Waals surface area contributed by atoms with Crippen LogP contribution in [-0.2, 0) is 22.6 Å². The lowest BCUT2D eigenvalue weighted by atomic mass is 10.2. The maximum atomic E-state index is 12.1. The number of benzene rings is 2. The molecule has 0 spiro atoms. The molecule has 0 bridgehead atoms. The summed E-state index contributed by atoms with van der Waals surface area (Å²) >= 11 is 1.44. The zero-order valence-electron chi connectivity index (χ0n) is 15.6. The van der Waals surface area contributed by atoms with Crippen LogP contribution in [0.3, 0.4) is 0 Å². The standard InChI is InChI=1S/C21H20N2O4S/c1-14-3-7-18(8-4-14)26-12-20-23-17(13-28-20)11-21(25)27-19-9-5-16(6-10-19)22-15(2)24/h3-10,13H,11-12H2,1-2H3,(H,22,24). The maximum absolute atomic E-state index is 12.1. The number of nitrogens with zero attached hydrogens (tertiary/aromatic N) is 1. The third-order valence-corrected chi connectivity index (χ3v) is 4.59. The van der Waals surface area contributed by atoms with Crippen molar-refractivity contribution >= 4 is 28.9 Å². The molecule has 3 rings (SSSR count). The fourth-order valence-corrected chi connectivity index (χ4v) is 3.11. The first-order valence-electron chi connectivity index (χ1n) is 8.69. The SMILES string of the molecule is CC(=O)Nc1ccc(OC(=O)Cc2csc(COc3ccc(C)cc3)n2)cc1. The zero-order valence-corrected chi connectivity index (χ0v) is 16.4. The molecule has 0 saturated carbocycles. The lowest BCUT2D eigenvalue weighted by Gasteiger charge is -2.05. The number of amides is 1. The minimum atomic E-state index is -0.399. The molecular formula is C21H20N2O4S. The Labute approximate surface area is 167 Å². The quantitative estimate of drug-likeness (QED) is 0.480. The van der Waals surface area contributed by atoms with E-state index in [2.05, 4.69) is 10.3 Å². The van der Waals surface area contributed by atoms with Gasteiger partial charge in [-0.15, -0.1) is 11.3 Å². The molecule has 0 radical (unpaired) electrons. The largest absolute Gasteiger partial charge is 0.486 e. The summed E-state index contributed by atoms with van der Waals surface area (Å²) in [5, 5.41) is 5.28. The molecule has 0 saturated heterocycles. The second-order valence-electron chi connectivity index (χ2n) is 6.19. The number of ether oxygens (including phenoxy) is 2. The molecule has 0 unspecified atom stereocenters. The van der Waals surface area contributed by atoms with Gasteiger partial charge in [0.1, 0.15) is 23.1 Å². The van der Waals surface area contributed by atoms with Crippen molar-refractivity contribution in [2.24, 2.45) is 0 Å². The number of hydrogen-bond acceptors (Lipinski definition) is 6. The summed E-state index contributed by atoms with van der Waals surface area (Å²) in [7, 11) is 0. The van der Waals surface area contributed by atoms with Gasteiger partial charge in [0.05, 0.1) is 12.1 Å². The first kappa shape index (κ1) is 19.6. The predicted molar refractivity (Wildman–Crippen MR) is 108 cm³/mol. The maximum Gasteiger partial charge on any atom is 0.317 e. The van der Waals surface area contributed by atoms with E-state index in [1.807, 2.05) is 36.6 Å². The van der Waals surface area contributed by atoms with Crippen LogP contribution in [0.15, 0.2) is 53.9 Å². The van der Waals surface area contributed by atoms with Gasteiger partial charge in [0.2, 0.25) is 5.91 Å². The van der Waals surface area contributed by atoms with E-state index in [0.717, 1.165) is 10.8 Å². The fraction of sp³-hybridized carbons (Fsp3) is 0.190. The second kappa shape index (κ2) is 9.14. The molecule has 1 aromatic heterocycles. The van der Waals surface area contributed by atoms with Crippen LogP contribution in [0.2, 0.25) is 0 Å². The number of thiazole rings is 1. The van der Waals surface area contributed by atoms with Crippen molar-refractivity contribution in [1.82, 2.24) is 4.98 Å². The van der Waals surface area contributed by atoms with Gasteiger partial charge < -0.3 is 14.8 Å². The Kier molecular flexibility index (Phi) is 6.39. The fourth-order valence-electron chi connectivity index (χ4n) is 2.40. The van der Waals surface area contributed by atoms with Gasteiger partial charge in [-0.2, -0.15) is 0 Å². The molecule has 0 fully saturated rings. The monoisotopic (exact) mass is 396 g/mol. The van der Waals surface area contributed by atoms with E-state index >= 15 is 0 Å². The first-order chi connectivity index (χ1) is 13.5. The van der Waals surface area contributed by atoms with Crippen molar-refractivity contribution in [2.75, 3.05) is 5.32 Å². The van der Waals surface area contributed by atoms with Crippen molar-refractivity contribution in [3.8, 4) is 11.5 Å². The van der Waals surface area contributed by atoms with Crippen molar-refractivity contribution in [3.63, 3.8) is 0 Å². The zero-order chi connectivity index (χ0) is 19.9. The topological polar surface area (TPSA) is 77.5 Å². The third-order valence-electron chi connectivity index (χ3n) is 3.71. The van der Waals surface area contributed by atoms with Crippen LogP contribution < -0.4 is 14.8 Å². The Hall–Kier alpha value is -3.19. The van der Waals surface area contributed by atoms with E-state index in [1.165, 1.54) is 23.8 Å². The lowest BCUT2D eigenvalue weighted by Crippen LogP contribution is -2.12. The second-order valence-corrected chi connectivity index (χ2v) is 7.13. The summed E-state index contributed by atoms with van der Waals surface area (Å²) in [5.74, 6) is 0.640. The molecule has 0 aliphatic carbocycles. The molecule has 0 atom stereocenters. The van der Waals surface area contributed by atoms with Crippen LogP contribution in [0.1, 0.15) is 23.2 Å². The van der Waals surface area contributed by atoms with Gasteiger partial charge in [0, 0.05) is 18.0 Å². The molecule has 1 heterocycles. The average molecular weight is 396 g/mol. The number of esters is 1. The van der Waals surface area contributed by atoms with Crippen LogP contribution in [0.4, 0.5) is 5.69 Å². The minimum Gasteiger partial charge on any atom is -0.486 e. The van der Waals surface area contributed by atoms with Crippen LogP contribution in [0.25, 0.3) is 0 Å². The van der Waals surface area contributed by atoms with Crippen LogP contribution in [0.5, 0.6) is 11.5 Å². The molecule has 7 heteroatoms. The van der Waals surface area contributed by atoms with Gasteiger partial charge in [-0.3, -0.25) is 9.59 Å². The molecule has 2 aromatic carbocycles. The molecule has 3 aromatic rings. The smallest absolute Gasteiger partial charge is 0.317 e. The summed E-state index contributed by atoms with van der Waals surface area (Å²) in [6.45, 7) is 3.81. The molecule has 1 amide bonds. The number of carbonyl (C=O) groups excluding carboxylic acids is 2. The average Bonchev–Trinajstić information content (AvgIpc) is 3.09. The summed E-state index contributed by atoms with van der Waals surface area (Å²) in [4.78, 5) is 27.5. The van der Waals surface area contributed by atoms with E-state index < -0.39 is 5.97 Å². The van der Waals surface area contributed by atoms with E-state index in [9.17, 15) is 9.59 Å². The number of rotatable bonds is 7. The summed E-state index contributed by atoms with van der Waals surface area (Å²) in [5.41, 5.74) is 2.46. The van der Waals surface area contributed by atoms with Crippen molar-refractivity contribution in [1.29, 1.82) is 0 Å². The lowest BCUT2D eigenvalue weighted by molar-refractivity contribution is -0.133. The van der Waals surface area contributed by atoms with Crippen molar-refractivity contribution < 1.29 is 19.1 Å². The number of aryl methyl sites for hydroxylation is 1. The number of aromatic nitrogens is 1. The minimum absolute atomic E-state index is 0.0779. The molecule has 0 aliphatic heterocycles. The van der Waals surface area contributed by atoms with E-state index in [1.54, 1.807) is 24.3 Å². The van der Waals surface area contributed by atoms with Gasteiger partial charge in [0.15, 0.2) is 0 Å². The normalized spacial score (nSPS) is 10.4. The number of hydrogen-bond donors (Lipinski definition) is 1. The highest BCUT2D eigenvalue weighted by Gasteiger charge is 2.11. The Balaban J connectivity index is 1.49. The van der Waals surface area contributed by atoms with Crippen LogP contribution in [0, 0.1) is 6.92 Å². The highest BCUT2D eigenvalue weighted by atomic mass is 32.1. The van der Waals surface area contributed by atoms with Crippen molar-refractivity contribution in [2.45, 2.75) is 26.9 Å². The Morgan fingerprint density at radius 3 is 2.39 bits per heavy atom. The molecule has 6 nitrogen and oxygen atoms in total. The molecule has 0 aliphatic rings. The van der Waals surface area contributed by atoms with Gasteiger partial charge in [0.25, 0.3) is 0 Å².